The molecule has 0 aromatic rings. The first-order chi connectivity index (χ1) is 14.5. The first-order valence-corrected chi connectivity index (χ1v) is 12.4. The number of amides is 1. The van der Waals surface area contributed by atoms with Gasteiger partial charge >= 0.3 is 0 Å². The zero-order valence-corrected chi connectivity index (χ0v) is 21.0. The molecule has 0 unspecified atom stereocenters. The summed E-state index contributed by atoms with van der Waals surface area (Å²) in [5.41, 5.74) is 0.106. The van der Waals surface area contributed by atoms with Gasteiger partial charge in [0.2, 0.25) is 5.91 Å². The molecule has 3 rings (SSSR count). The second-order valence-corrected chi connectivity index (χ2v) is 11.7. The summed E-state index contributed by atoms with van der Waals surface area (Å²) in [4.78, 5) is 22.3. The number of piperidine rings is 1. The van der Waals surface area contributed by atoms with Gasteiger partial charge in [0.1, 0.15) is 6.61 Å². The van der Waals surface area contributed by atoms with Crippen LogP contribution in [0.1, 0.15) is 54.4 Å². The normalized spacial score (nSPS) is 24.3. The third-order valence-electron chi connectivity index (χ3n) is 7.03. The number of nitrogens with zero attached hydrogens (tertiary/aromatic N) is 4. The summed E-state index contributed by atoms with van der Waals surface area (Å²) < 4.78 is 5.56. The molecule has 0 aliphatic carbocycles. The van der Waals surface area contributed by atoms with Gasteiger partial charge in [0.15, 0.2) is 0 Å². The molecule has 1 N–H and O–H groups in total. The molecule has 0 bridgehead atoms. The van der Waals surface area contributed by atoms with E-state index < -0.39 is 0 Å². The predicted octanol–water partition coefficient (Wildman–Crippen LogP) is 1.48. The van der Waals surface area contributed by atoms with Gasteiger partial charge < -0.3 is 10.1 Å². The van der Waals surface area contributed by atoms with E-state index in [1.54, 1.807) is 0 Å². The van der Waals surface area contributed by atoms with Gasteiger partial charge in [-0.3, -0.25) is 24.4 Å². The standard InChI is InChI=1S/C24H47N5O2/c1-23(2,3)25-22(30)19-31-16-15-26-17-21(18-26)27-9-7-20(8-10-27)28-11-13-29(14-12-28)24(4,5)6/h20-21H,7-19H2,1-6H3,(H,25,30). The van der Waals surface area contributed by atoms with E-state index >= 15 is 0 Å². The van der Waals surface area contributed by atoms with Crippen molar-refractivity contribution in [3.8, 4) is 0 Å². The van der Waals surface area contributed by atoms with Crippen molar-refractivity contribution in [2.45, 2.75) is 77.5 Å². The Bertz CT molecular complexity index is 563. The second kappa shape index (κ2) is 10.5. The molecule has 3 aliphatic heterocycles. The van der Waals surface area contributed by atoms with Gasteiger partial charge in [-0.2, -0.15) is 0 Å². The first-order valence-electron chi connectivity index (χ1n) is 12.4. The number of rotatable bonds is 7. The number of piperazine rings is 1. The van der Waals surface area contributed by atoms with E-state index in [2.05, 4.69) is 45.7 Å². The Hall–Kier alpha value is -0.730. The van der Waals surface area contributed by atoms with Crippen molar-refractivity contribution in [2.75, 3.05) is 72.1 Å². The van der Waals surface area contributed by atoms with E-state index in [4.69, 9.17) is 4.74 Å². The summed E-state index contributed by atoms with van der Waals surface area (Å²) in [6.07, 6.45) is 2.63. The minimum Gasteiger partial charge on any atom is -0.370 e. The van der Waals surface area contributed by atoms with Crippen molar-refractivity contribution in [1.82, 2.24) is 24.9 Å². The van der Waals surface area contributed by atoms with Gasteiger partial charge in [-0.15, -0.1) is 0 Å². The lowest BCUT2D eigenvalue weighted by molar-refractivity contribution is -0.127. The number of carbonyl (C=O) groups is 1. The lowest BCUT2D eigenvalue weighted by atomic mass is 9.97. The minimum atomic E-state index is -0.195. The van der Waals surface area contributed by atoms with Gasteiger partial charge in [-0.25, -0.2) is 0 Å². The molecule has 3 aliphatic rings. The lowest BCUT2D eigenvalue weighted by Gasteiger charge is -2.50. The molecule has 31 heavy (non-hydrogen) atoms. The van der Waals surface area contributed by atoms with E-state index in [1.807, 2.05) is 20.8 Å². The van der Waals surface area contributed by atoms with Crippen LogP contribution in [0, 0.1) is 0 Å². The van der Waals surface area contributed by atoms with Crippen molar-refractivity contribution in [3.63, 3.8) is 0 Å². The summed E-state index contributed by atoms with van der Waals surface area (Å²) in [6.45, 7) is 24.3. The van der Waals surface area contributed by atoms with Crippen LogP contribution in [0.4, 0.5) is 0 Å². The number of nitrogens with one attached hydrogen (secondary N) is 1. The van der Waals surface area contributed by atoms with Crippen LogP contribution in [0.2, 0.25) is 0 Å². The maximum absolute atomic E-state index is 11.8. The number of hydrogen-bond donors (Lipinski definition) is 1. The Kier molecular flexibility index (Phi) is 8.41. The third-order valence-corrected chi connectivity index (χ3v) is 7.03. The minimum absolute atomic E-state index is 0.0309. The highest BCUT2D eigenvalue weighted by Gasteiger charge is 2.36. The van der Waals surface area contributed by atoms with E-state index in [-0.39, 0.29) is 18.1 Å². The summed E-state index contributed by atoms with van der Waals surface area (Å²) in [5.74, 6) is -0.0309. The zero-order valence-electron chi connectivity index (χ0n) is 21.0. The molecule has 1 amide bonds. The molecule has 180 valence electrons. The van der Waals surface area contributed by atoms with Crippen molar-refractivity contribution >= 4 is 5.91 Å². The molecule has 0 radical (unpaired) electrons. The molecule has 3 saturated heterocycles. The SMILES string of the molecule is CC(C)(C)NC(=O)COCCN1CC(N2CCC(N3CCN(C(C)(C)C)CC3)CC2)C1. The van der Waals surface area contributed by atoms with Gasteiger partial charge in [-0.1, -0.05) is 0 Å². The van der Waals surface area contributed by atoms with Crippen molar-refractivity contribution in [3.05, 3.63) is 0 Å². The van der Waals surface area contributed by atoms with Crippen LogP contribution in [-0.2, 0) is 9.53 Å². The molecule has 3 fully saturated rings. The first kappa shape index (κ1) is 24.9. The average Bonchev–Trinajstić information content (AvgIpc) is 2.65. The molecule has 0 aromatic heterocycles. The molecule has 0 spiro atoms. The fraction of sp³-hybridized carbons (Fsp3) is 0.958. The molecule has 0 saturated carbocycles. The summed E-state index contributed by atoms with van der Waals surface area (Å²) in [7, 11) is 0. The van der Waals surface area contributed by atoms with Gasteiger partial charge in [0.25, 0.3) is 0 Å². The lowest BCUT2D eigenvalue weighted by Crippen LogP contribution is -2.63. The van der Waals surface area contributed by atoms with E-state index in [0.717, 1.165) is 25.7 Å². The monoisotopic (exact) mass is 437 g/mol. The Morgan fingerprint density at radius 3 is 2.00 bits per heavy atom. The molecule has 0 aromatic carbocycles. The average molecular weight is 438 g/mol. The van der Waals surface area contributed by atoms with E-state index in [1.165, 1.54) is 52.1 Å². The molecular weight excluding hydrogens is 390 g/mol. The summed E-state index contributed by atoms with van der Waals surface area (Å²) in [5, 5.41) is 2.93. The predicted molar refractivity (Wildman–Crippen MR) is 126 cm³/mol. The fourth-order valence-corrected chi connectivity index (χ4v) is 5.14. The van der Waals surface area contributed by atoms with Crippen LogP contribution in [-0.4, -0.2) is 121 Å². The quantitative estimate of drug-likeness (QED) is 0.609. The van der Waals surface area contributed by atoms with Crippen LogP contribution in [0.3, 0.4) is 0 Å². The van der Waals surface area contributed by atoms with Crippen molar-refractivity contribution in [2.24, 2.45) is 0 Å². The van der Waals surface area contributed by atoms with Crippen molar-refractivity contribution in [1.29, 1.82) is 0 Å². The molecular formula is C24H47N5O2. The Balaban J connectivity index is 1.24. The third kappa shape index (κ3) is 7.67. The van der Waals surface area contributed by atoms with Crippen molar-refractivity contribution < 1.29 is 9.53 Å². The highest BCUT2D eigenvalue weighted by atomic mass is 16.5. The Morgan fingerprint density at radius 1 is 0.871 bits per heavy atom. The van der Waals surface area contributed by atoms with Crippen LogP contribution >= 0.6 is 0 Å². The second-order valence-electron chi connectivity index (χ2n) is 11.7. The number of hydrogen-bond acceptors (Lipinski definition) is 6. The van der Waals surface area contributed by atoms with Crippen LogP contribution < -0.4 is 5.32 Å². The molecule has 7 nitrogen and oxygen atoms in total. The molecule has 3 heterocycles. The molecule has 0 atom stereocenters. The summed E-state index contributed by atoms with van der Waals surface area (Å²) >= 11 is 0. The highest BCUT2D eigenvalue weighted by Crippen LogP contribution is 2.24. The number of carbonyl (C=O) groups excluding carboxylic acids is 1. The number of likely N-dealkylation sites (tertiary alicyclic amines) is 2. The zero-order chi connectivity index (χ0) is 22.6. The maximum Gasteiger partial charge on any atom is 0.246 e. The topological polar surface area (TPSA) is 51.3 Å². The van der Waals surface area contributed by atoms with Gasteiger partial charge in [-0.05, 0) is 54.4 Å². The maximum atomic E-state index is 11.8. The van der Waals surface area contributed by atoms with Crippen LogP contribution in [0.5, 0.6) is 0 Å². The Labute approximate surface area is 190 Å². The van der Waals surface area contributed by atoms with E-state index in [9.17, 15) is 4.79 Å². The summed E-state index contributed by atoms with van der Waals surface area (Å²) in [6, 6.07) is 1.49. The fourth-order valence-electron chi connectivity index (χ4n) is 5.14. The highest BCUT2D eigenvalue weighted by molar-refractivity contribution is 5.77. The smallest absolute Gasteiger partial charge is 0.246 e. The van der Waals surface area contributed by atoms with Gasteiger partial charge in [0, 0.05) is 82.1 Å². The van der Waals surface area contributed by atoms with Gasteiger partial charge in [0.05, 0.1) is 6.61 Å². The largest absolute Gasteiger partial charge is 0.370 e. The Morgan fingerprint density at radius 2 is 1.45 bits per heavy atom. The molecule has 7 heteroatoms. The van der Waals surface area contributed by atoms with Crippen LogP contribution in [0.25, 0.3) is 0 Å². The number of ether oxygens (including phenoxy) is 1. The van der Waals surface area contributed by atoms with E-state index in [0.29, 0.717) is 18.2 Å². The van der Waals surface area contributed by atoms with Crippen LogP contribution in [0.15, 0.2) is 0 Å².